The van der Waals surface area contributed by atoms with Crippen molar-refractivity contribution in [1.29, 1.82) is 0 Å². The van der Waals surface area contributed by atoms with Gasteiger partial charge in [0.15, 0.2) is 0 Å². The van der Waals surface area contributed by atoms with Gasteiger partial charge in [-0.25, -0.2) is 0 Å². The maximum atomic E-state index is 9.28. The summed E-state index contributed by atoms with van der Waals surface area (Å²) in [6.07, 6.45) is 0. The molecule has 0 heterocycles. The number of hydrogen-bond donors (Lipinski definition) is 0. The smallest absolute Gasteiger partial charge is 0.861 e. The molecule has 0 spiro atoms. The van der Waals surface area contributed by atoms with E-state index in [4.69, 9.17) is 0 Å². The summed E-state index contributed by atoms with van der Waals surface area (Å²) < 4.78 is 3.41. The quantitative estimate of drug-likeness (QED) is 0.332. The Morgan fingerprint density at radius 2 is 1.11 bits per heavy atom. The van der Waals surface area contributed by atoms with Crippen LogP contribution in [0.1, 0.15) is 0 Å². The first kappa shape index (κ1) is 24.4. The Morgan fingerprint density at radius 3 is 1.11 bits per heavy atom. The van der Waals surface area contributed by atoms with Crippen LogP contribution in [0.15, 0.2) is 0 Å². The molecule has 0 aliphatic carbocycles. The Kier molecular flexibility index (Phi) is 38.6. The second kappa shape index (κ2) is 14.2. The first-order valence-electron chi connectivity index (χ1n) is 1.22. The topological polar surface area (TPSA) is 78.4 Å². The van der Waals surface area contributed by atoms with Crippen LogP contribution >= 0.6 is 0 Å². The molecule has 0 amide bonds. The van der Waals surface area contributed by atoms with Gasteiger partial charge in [-0.2, -0.15) is 0 Å². The van der Waals surface area contributed by atoms with E-state index in [1.54, 1.807) is 0 Å². The van der Waals surface area contributed by atoms with Crippen molar-refractivity contribution in [2.75, 3.05) is 7.11 Å². The molecular weight excluding hydrogens is 503 g/mol. The maximum Gasteiger partial charge on any atom is 1.00 e. The molecule has 4 nitrogen and oxygen atoms in total. The van der Waals surface area contributed by atoms with Crippen LogP contribution in [0.4, 0.5) is 0 Å². The Morgan fingerprint density at radius 1 is 1.00 bits per heavy atom. The minimum Gasteiger partial charge on any atom is -0.861 e. The predicted octanol–water partition coefficient (Wildman–Crippen LogP) is -12.8. The molecule has 0 rings (SSSR count). The van der Waals surface area contributed by atoms with Crippen molar-refractivity contribution in [3.8, 4) is 0 Å². The van der Waals surface area contributed by atoms with E-state index < -0.39 is 9.05 Å². The van der Waals surface area contributed by atoms with Gasteiger partial charge in [0, 0.05) is 7.11 Å². The van der Waals surface area contributed by atoms with Gasteiger partial charge in [-0.15, -0.1) is 9.05 Å². The van der Waals surface area contributed by atoms with Crippen molar-refractivity contribution in [3.05, 3.63) is 0 Å². The van der Waals surface area contributed by atoms with Gasteiger partial charge in [0.05, 0.1) is 0 Å². The molecule has 0 aliphatic rings. The van der Waals surface area contributed by atoms with Crippen molar-refractivity contribution in [2.24, 2.45) is 0 Å². The van der Waals surface area contributed by atoms with E-state index in [0.29, 0.717) is 0 Å². The third-order valence-electron chi connectivity index (χ3n) is 0.250. The van der Waals surface area contributed by atoms with Crippen LogP contribution in [0.25, 0.3) is 0 Å². The third kappa shape index (κ3) is 25.0. The molecule has 0 N–H and O–H groups in total. The predicted molar refractivity (Wildman–Crippen MR) is 12.8 cm³/mol. The van der Waals surface area contributed by atoms with Gasteiger partial charge in [0.2, 0.25) is 0 Å². The first-order valence-corrected chi connectivity index (χ1v) is 2.86. The molecule has 0 bridgehead atoms. The van der Waals surface area contributed by atoms with Crippen molar-refractivity contribution >= 4 is 9.05 Å². The molecule has 0 saturated heterocycles. The zero-order chi connectivity index (χ0) is 5.21. The first-order chi connectivity index (χ1) is 2.56. The van der Waals surface area contributed by atoms with Gasteiger partial charge in [0.1, 0.15) is 0 Å². The monoisotopic (exact) mass is 506 g/mol. The van der Waals surface area contributed by atoms with Gasteiger partial charge in [-0.05, 0) is 0 Å². The summed E-state index contributed by atoms with van der Waals surface area (Å²) in [5, 5.41) is 0. The normalized spacial score (nSPS) is 8.00. The van der Waals surface area contributed by atoms with Crippen molar-refractivity contribution < 1.29 is 225 Å². The molecule has 38 valence electrons. The fourth-order valence-electron chi connectivity index (χ4n) is 0. The van der Waals surface area contributed by atoms with Gasteiger partial charge >= 0.3 is 207 Å². The molecule has 0 aromatic rings. The minimum atomic E-state index is -4.88. The molecule has 0 fully saturated rings. The fourth-order valence-corrected chi connectivity index (χ4v) is 0. The SMILES string of the molecule is CO[Si]([O-])([O-])[O-].[Cs+].[Cs+].[Cs+]. The average molecular weight is 506 g/mol. The molecule has 0 aromatic carbocycles. The van der Waals surface area contributed by atoms with Crippen molar-refractivity contribution in [2.45, 2.75) is 0 Å². The molecule has 0 radical (unpaired) electrons. The average Bonchev–Trinajstić information content (AvgIpc) is 1.35. The van der Waals surface area contributed by atoms with E-state index >= 15 is 0 Å². The van der Waals surface area contributed by atoms with Crippen LogP contribution in [0.5, 0.6) is 0 Å². The molecule has 9 heavy (non-hydrogen) atoms. The van der Waals surface area contributed by atoms with E-state index in [2.05, 4.69) is 4.43 Å². The molecule has 8 heteroatoms. The number of rotatable bonds is 1. The van der Waals surface area contributed by atoms with E-state index in [9.17, 15) is 14.4 Å². The number of hydrogen-bond acceptors (Lipinski definition) is 4. The van der Waals surface area contributed by atoms with E-state index in [-0.39, 0.29) is 207 Å². The zero-order valence-electron chi connectivity index (χ0n) is 6.13. The van der Waals surface area contributed by atoms with Gasteiger partial charge < -0.3 is 18.8 Å². The van der Waals surface area contributed by atoms with Gasteiger partial charge in [-0.1, -0.05) is 0 Å². The summed E-state index contributed by atoms with van der Waals surface area (Å²) in [7, 11) is -4.05. The van der Waals surface area contributed by atoms with Gasteiger partial charge in [-0.3, -0.25) is 0 Å². The molecule has 0 aromatic heterocycles. The summed E-state index contributed by atoms with van der Waals surface area (Å²) in [4.78, 5) is 27.8. The largest absolute Gasteiger partial charge is 1.00 e. The summed E-state index contributed by atoms with van der Waals surface area (Å²) in [6.45, 7) is 0. The Hall–Kier alpha value is 6.21. The fraction of sp³-hybridized carbons (Fsp3) is 1.00. The van der Waals surface area contributed by atoms with E-state index in [1.807, 2.05) is 0 Å². The summed E-state index contributed by atoms with van der Waals surface area (Å²) in [6, 6.07) is 0. The standard InChI is InChI=1S/CH3O4Si.3Cs/c1-5-6(2,3)4;;;/h1H3;;;/q-3;3*+1. The second-order valence-electron chi connectivity index (χ2n) is 0.704. The van der Waals surface area contributed by atoms with Crippen LogP contribution in [0, 0.1) is 0 Å². The van der Waals surface area contributed by atoms with Gasteiger partial charge in [0.25, 0.3) is 0 Å². The Bertz CT molecular complexity index is 45.6. The molecule has 0 aliphatic heterocycles. The van der Waals surface area contributed by atoms with Crippen molar-refractivity contribution in [1.82, 2.24) is 0 Å². The van der Waals surface area contributed by atoms with Crippen LogP contribution in [0.2, 0.25) is 0 Å². The minimum absolute atomic E-state index is 0. The van der Waals surface area contributed by atoms with Crippen molar-refractivity contribution in [3.63, 3.8) is 0 Å². The zero-order valence-corrected chi connectivity index (χ0v) is 26.0. The third-order valence-corrected chi connectivity index (χ3v) is 0.750. The summed E-state index contributed by atoms with van der Waals surface area (Å²) >= 11 is 0. The van der Waals surface area contributed by atoms with Crippen LogP contribution in [0.3, 0.4) is 0 Å². The Balaban J connectivity index is -0.0000000417. The van der Waals surface area contributed by atoms with E-state index in [0.717, 1.165) is 7.11 Å². The summed E-state index contributed by atoms with van der Waals surface area (Å²) in [5.74, 6) is 0. The molecule has 0 saturated carbocycles. The van der Waals surface area contributed by atoms with E-state index in [1.165, 1.54) is 0 Å². The molecular formula is CH3Cs3O4Si. The van der Waals surface area contributed by atoms with Crippen LogP contribution in [-0.4, -0.2) is 16.2 Å². The molecule has 0 atom stereocenters. The Labute approximate surface area is 232 Å². The second-order valence-corrected chi connectivity index (χ2v) is 2.11. The maximum absolute atomic E-state index is 9.28. The van der Waals surface area contributed by atoms with Crippen LogP contribution < -0.4 is 221 Å². The molecule has 0 unspecified atom stereocenters. The summed E-state index contributed by atoms with van der Waals surface area (Å²) in [5.41, 5.74) is 0. The van der Waals surface area contributed by atoms with Crippen LogP contribution in [-0.2, 0) is 4.43 Å².